The van der Waals surface area contributed by atoms with Gasteiger partial charge in [0, 0.05) is 29.9 Å². The fourth-order valence-electron chi connectivity index (χ4n) is 2.39. The molecule has 0 bridgehead atoms. The van der Waals surface area contributed by atoms with Gasteiger partial charge in [-0.3, -0.25) is 4.79 Å². The van der Waals surface area contributed by atoms with E-state index in [0.717, 1.165) is 22.3 Å². The molecule has 0 spiro atoms. The van der Waals surface area contributed by atoms with Crippen LogP contribution in [0.1, 0.15) is 27.0 Å². The second kappa shape index (κ2) is 6.19. The Bertz CT molecular complexity index is 662. The van der Waals surface area contributed by atoms with Gasteiger partial charge in [0.05, 0.1) is 0 Å². The predicted molar refractivity (Wildman–Crippen MR) is 87.6 cm³/mol. The number of nitrogens with zero attached hydrogens (tertiary/aromatic N) is 1. The number of benzene rings is 2. The highest BCUT2D eigenvalue weighted by Gasteiger charge is 2.17. The Balaban J connectivity index is 2.26. The number of amides is 1. The Morgan fingerprint density at radius 1 is 1.19 bits per heavy atom. The van der Waals surface area contributed by atoms with Crippen LogP contribution >= 0.6 is 11.6 Å². The first-order valence-corrected chi connectivity index (χ1v) is 7.13. The van der Waals surface area contributed by atoms with E-state index in [1.807, 2.05) is 32.0 Å². The molecule has 2 rings (SSSR count). The van der Waals surface area contributed by atoms with Crippen molar-refractivity contribution in [3.63, 3.8) is 0 Å². The first kappa shape index (κ1) is 15.4. The van der Waals surface area contributed by atoms with Gasteiger partial charge in [0.15, 0.2) is 0 Å². The van der Waals surface area contributed by atoms with Gasteiger partial charge in [-0.15, -0.1) is 0 Å². The van der Waals surface area contributed by atoms with Crippen LogP contribution in [-0.4, -0.2) is 17.9 Å². The molecule has 21 heavy (non-hydrogen) atoms. The van der Waals surface area contributed by atoms with E-state index in [-0.39, 0.29) is 5.91 Å². The van der Waals surface area contributed by atoms with Crippen molar-refractivity contribution in [1.82, 2.24) is 4.90 Å². The molecular weight excluding hydrogens is 284 g/mol. The fraction of sp³-hybridized carbons (Fsp3) is 0.235. The topological polar surface area (TPSA) is 46.3 Å². The fourth-order valence-corrected chi connectivity index (χ4v) is 2.56. The number of rotatable bonds is 3. The van der Waals surface area contributed by atoms with Crippen LogP contribution in [0.2, 0.25) is 5.02 Å². The van der Waals surface area contributed by atoms with Gasteiger partial charge in [0.1, 0.15) is 0 Å². The molecule has 0 heterocycles. The average molecular weight is 303 g/mol. The summed E-state index contributed by atoms with van der Waals surface area (Å²) in [5.74, 6) is -0.0101. The lowest BCUT2D eigenvalue weighted by Crippen LogP contribution is -2.27. The number of nitrogens with two attached hydrogens (primary N) is 1. The van der Waals surface area contributed by atoms with Gasteiger partial charge in [-0.25, -0.2) is 0 Å². The molecule has 0 unspecified atom stereocenters. The normalized spacial score (nSPS) is 10.5. The van der Waals surface area contributed by atoms with Gasteiger partial charge in [0.2, 0.25) is 0 Å². The first-order chi connectivity index (χ1) is 9.90. The van der Waals surface area contributed by atoms with E-state index in [9.17, 15) is 4.79 Å². The highest BCUT2D eigenvalue weighted by atomic mass is 35.5. The number of halogens is 1. The minimum atomic E-state index is -0.0101. The van der Waals surface area contributed by atoms with Crippen molar-refractivity contribution >= 4 is 23.2 Å². The molecular formula is C17H19ClN2O. The van der Waals surface area contributed by atoms with Crippen molar-refractivity contribution in [3.05, 3.63) is 63.7 Å². The van der Waals surface area contributed by atoms with Crippen molar-refractivity contribution in [1.29, 1.82) is 0 Å². The molecule has 2 aromatic rings. The van der Waals surface area contributed by atoms with Gasteiger partial charge in [0.25, 0.3) is 5.91 Å². The maximum absolute atomic E-state index is 12.6. The van der Waals surface area contributed by atoms with Gasteiger partial charge >= 0.3 is 0 Å². The molecule has 110 valence electrons. The van der Waals surface area contributed by atoms with Crippen LogP contribution in [0.3, 0.4) is 0 Å². The van der Waals surface area contributed by atoms with E-state index < -0.39 is 0 Å². The third kappa shape index (κ3) is 3.37. The molecule has 0 aromatic heterocycles. The summed E-state index contributed by atoms with van der Waals surface area (Å²) in [6, 6.07) is 11.2. The van der Waals surface area contributed by atoms with Crippen LogP contribution < -0.4 is 5.73 Å². The van der Waals surface area contributed by atoms with Crippen molar-refractivity contribution in [2.24, 2.45) is 0 Å². The summed E-state index contributed by atoms with van der Waals surface area (Å²) in [4.78, 5) is 14.3. The summed E-state index contributed by atoms with van der Waals surface area (Å²) in [5.41, 5.74) is 9.97. The zero-order chi connectivity index (χ0) is 15.6. The van der Waals surface area contributed by atoms with Crippen LogP contribution in [0.15, 0.2) is 36.4 Å². The first-order valence-electron chi connectivity index (χ1n) is 6.75. The number of hydrogen-bond donors (Lipinski definition) is 1. The molecule has 0 aliphatic carbocycles. The monoisotopic (exact) mass is 302 g/mol. The van der Waals surface area contributed by atoms with Crippen LogP contribution in [-0.2, 0) is 6.54 Å². The summed E-state index contributed by atoms with van der Waals surface area (Å²) in [6.45, 7) is 4.32. The Morgan fingerprint density at radius 2 is 1.81 bits per heavy atom. The zero-order valence-corrected chi connectivity index (χ0v) is 13.2. The molecule has 2 aromatic carbocycles. The van der Waals surface area contributed by atoms with E-state index in [1.165, 1.54) is 0 Å². The number of carbonyl (C=O) groups is 1. The number of aryl methyl sites for hydroxylation is 2. The standard InChI is InChI=1S/C17H19ClN2O/c1-11-5-4-6-12(2)16(11)17(21)20(3)10-13-9-14(19)7-8-15(13)18/h4-9H,10,19H2,1-3H3. The minimum absolute atomic E-state index is 0.0101. The summed E-state index contributed by atoms with van der Waals surface area (Å²) in [7, 11) is 1.77. The lowest BCUT2D eigenvalue weighted by molar-refractivity contribution is 0.0783. The summed E-state index contributed by atoms with van der Waals surface area (Å²) < 4.78 is 0. The van der Waals surface area contributed by atoms with Gasteiger partial charge in [-0.05, 0) is 48.7 Å². The summed E-state index contributed by atoms with van der Waals surface area (Å²) in [6.07, 6.45) is 0. The molecule has 0 aliphatic rings. The van der Waals surface area contributed by atoms with Crippen LogP contribution in [0.5, 0.6) is 0 Å². The van der Waals surface area contributed by atoms with E-state index in [4.69, 9.17) is 17.3 Å². The predicted octanol–water partition coefficient (Wildman–Crippen LogP) is 3.81. The number of anilines is 1. The SMILES string of the molecule is Cc1cccc(C)c1C(=O)N(C)Cc1cc(N)ccc1Cl. The van der Waals surface area contributed by atoms with Crippen molar-refractivity contribution in [2.75, 3.05) is 12.8 Å². The molecule has 4 heteroatoms. The van der Waals surface area contributed by atoms with E-state index >= 15 is 0 Å². The Morgan fingerprint density at radius 3 is 2.43 bits per heavy atom. The molecule has 1 amide bonds. The summed E-state index contributed by atoms with van der Waals surface area (Å²) >= 11 is 6.16. The average Bonchev–Trinajstić information content (AvgIpc) is 2.42. The Hall–Kier alpha value is -2.00. The van der Waals surface area contributed by atoms with Crippen molar-refractivity contribution < 1.29 is 4.79 Å². The number of carbonyl (C=O) groups excluding carboxylic acids is 1. The molecule has 2 N–H and O–H groups in total. The van der Waals surface area contributed by atoms with Gasteiger partial charge in [-0.2, -0.15) is 0 Å². The maximum atomic E-state index is 12.6. The van der Waals surface area contributed by atoms with Gasteiger partial charge in [-0.1, -0.05) is 29.8 Å². The minimum Gasteiger partial charge on any atom is -0.399 e. The lowest BCUT2D eigenvalue weighted by atomic mass is 10.0. The maximum Gasteiger partial charge on any atom is 0.254 e. The van der Waals surface area contributed by atoms with Crippen molar-refractivity contribution in [2.45, 2.75) is 20.4 Å². The molecule has 0 atom stereocenters. The number of hydrogen-bond acceptors (Lipinski definition) is 2. The van der Waals surface area contributed by atoms with E-state index in [1.54, 1.807) is 30.1 Å². The largest absolute Gasteiger partial charge is 0.399 e. The van der Waals surface area contributed by atoms with E-state index in [2.05, 4.69) is 0 Å². The number of nitrogen functional groups attached to an aromatic ring is 1. The smallest absolute Gasteiger partial charge is 0.254 e. The van der Waals surface area contributed by atoms with Crippen LogP contribution in [0, 0.1) is 13.8 Å². The lowest BCUT2D eigenvalue weighted by Gasteiger charge is -2.20. The second-order valence-corrected chi connectivity index (χ2v) is 5.69. The van der Waals surface area contributed by atoms with Crippen LogP contribution in [0.4, 0.5) is 5.69 Å². The van der Waals surface area contributed by atoms with Crippen molar-refractivity contribution in [3.8, 4) is 0 Å². The van der Waals surface area contributed by atoms with E-state index in [0.29, 0.717) is 17.3 Å². The highest BCUT2D eigenvalue weighted by molar-refractivity contribution is 6.31. The molecule has 0 fully saturated rings. The Labute approximate surface area is 130 Å². The van der Waals surface area contributed by atoms with Crippen LogP contribution in [0.25, 0.3) is 0 Å². The highest BCUT2D eigenvalue weighted by Crippen LogP contribution is 2.22. The third-order valence-electron chi connectivity index (χ3n) is 3.52. The second-order valence-electron chi connectivity index (χ2n) is 5.28. The molecule has 0 saturated carbocycles. The third-order valence-corrected chi connectivity index (χ3v) is 3.89. The molecule has 0 aliphatic heterocycles. The summed E-state index contributed by atoms with van der Waals surface area (Å²) in [5, 5.41) is 0.616. The molecule has 3 nitrogen and oxygen atoms in total. The molecule has 0 radical (unpaired) electrons. The Kier molecular flexibility index (Phi) is 4.53. The molecule has 0 saturated heterocycles. The zero-order valence-electron chi connectivity index (χ0n) is 12.5. The van der Waals surface area contributed by atoms with Gasteiger partial charge < -0.3 is 10.6 Å². The quantitative estimate of drug-likeness (QED) is 0.876.